The number of hydrogen-bond acceptors (Lipinski definition) is 2. The molecule has 0 saturated carbocycles. The van der Waals surface area contributed by atoms with Crippen molar-refractivity contribution in [2.75, 3.05) is 6.66 Å². The van der Waals surface area contributed by atoms with Gasteiger partial charge in [-0.3, -0.25) is 9.13 Å². The maximum Gasteiger partial charge on any atom is 0.271 e. The summed E-state index contributed by atoms with van der Waals surface area (Å²) in [7, 11) is -2.88. The molecule has 0 aliphatic heterocycles. The van der Waals surface area contributed by atoms with Crippen LogP contribution in [0.4, 0.5) is 0 Å². The van der Waals surface area contributed by atoms with Crippen LogP contribution in [0, 0.1) is 0 Å². The first kappa shape index (κ1) is 27.2. The average molecular weight is 594 g/mol. The van der Waals surface area contributed by atoms with Crippen molar-refractivity contribution in [1.82, 2.24) is 19.1 Å². The smallest absolute Gasteiger partial charge is 0.271 e. The first-order valence-corrected chi connectivity index (χ1v) is 17.9. The summed E-state index contributed by atoms with van der Waals surface area (Å²) in [5, 5.41) is 5.15. The first-order chi connectivity index (χ1) is 21.2. The van der Waals surface area contributed by atoms with Crippen LogP contribution in [0.1, 0.15) is 0 Å². The monoisotopic (exact) mass is 593 g/mol. The van der Waals surface area contributed by atoms with E-state index in [1.165, 1.54) is 21.2 Å². The van der Waals surface area contributed by atoms with E-state index < -0.39 is 15.2 Å². The molecule has 0 aliphatic rings. The minimum atomic E-state index is -2.03. The zero-order valence-electron chi connectivity index (χ0n) is 23.8. The van der Waals surface area contributed by atoms with Gasteiger partial charge in [-0.2, -0.15) is 0 Å². The Bertz CT molecular complexity index is 1860. The fourth-order valence-corrected chi connectivity index (χ4v) is 11.1. The van der Waals surface area contributed by atoms with E-state index in [0.717, 1.165) is 22.5 Å². The molecule has 0 spiro atoms. The molecular weight excluding hydrogens is 562 g/mol. The van der Waals surface area contributed by atoms with E-state index >= 15 is 0 Å². The highest BCUT2D eigenvalue weighted by molar-refractivity contribution is 7.94. The van der Waals surface area contributed by atoms with Crippen LogP contribution in [0.25, 0.3) is 11.4 Å². The minimum Gasteiger partial charge on any atom is -0.300 e. The van der Waals surface area contributed by atoms with Crippen molar-refractivity contribution >= 4 is 47.5 Å². The van der Waals surface area contributed by atoms with Gasteiger partial charge in [0.25, 0.3) is 5.57 Å². The molecule has 208 valence electrons. The van der Waals surface area contributed by atoms with Gasteiger partial charge in [0.15, 0.2) is 0 Å². The quantitative estimate of drug-likeness (QED) is 0.211. The molecule has 6 heteroatoms. The van der Waals surface area contributed by atoms with Gasteiger partial charge in [-0.15, -0.1) is 0 Å². The SMILES string of the molecule is C[P+](c1ccccc1)(c1ccccc1)c1nccn1-c1cccc(-n2ccnc2P(c2ccccc2)c2ccccc2)c1. The molecule has 0 unspecified atom stereocenters. The van der Waals surface area contributed by atoms with Gasteiger partial charge in [-0.1, -0.05) is 103 Å². The Morgan fingerprint density at radius 3 is 1.53 bits per heavy atom. The Kier molecular flexibility index (Phi) is 7.56. The van der Waals surface area contributed by atoms with Crippen LogP contribution in [-0.4, -0.2) is 25.8 Å². The number of hydrogen-bond donors (Lipinski definition) is 0. The summed E-state index contributed by atoms with van der Waals surface area (Å²) in [5.41, 5.74) is 4.26. The van der Waals surface area contributed by atoms with Crippen LogP contribution in [0.2, 0.25) is 0 Å². The van der Waals surface area contributed by atoms with Gasteiger partial charge in [0.05, 0.1) is 12.4 Å². The highest BCUT2D eigenvalue weighted by atomic mass is 31.2. The molecule has 7 rings (SSSR count). The minimum absolute atomic E-state index is 0.855. The lowest BCUT2D eigenvalue weighted by Crippen LogP contribution is -2.35. The molecule has 0 amide bonds. The summed E-state index contributed by atoms with van der Waals surface area (Å²) in [6.45, 7) is 2.38. The molecule has 5 aromatic carbocycles. The predicted octanol–water partition coefficient (Wildman–Crippen LogP) is 5.74. The first-order valence-electron chi connectivity index (χ1n) is 14.3. The molecule has 2 heterocycles. The van der Waals surface area contributed by atoms with E-state index in [1.54, 1.807) is 0 Å². The summed E-state index contributed by atoms with van der Waals surface area (Å²) in [4.78, 5) is 9.98. The van der Waals surface area contributed by atoms with Crippen molar-refractivity contribution in [1.29, 1.82) is 0 Å². The standard InChI is InChI=1S/C37H31N4P2/c1-43(34-21-10-4-11-22-34,35-23-12-5-13-24-35)37-39-26-28-41(37)31-16-14-15-30(29-31)40-27-25-38-36(40)42(32-17-6-2-7-18-32)33-19-8-3-9-20-33/h2-29H,1H3/q+1. The lowest BCUT2D eigenvalue weighted by Gasteiger charge is -2.23. The van der Waals surface area contributed by atoms with Crippen molar-refractivity contribution in [2.45, 2.75) is 0 Å². The lowest BCUT2D eigenvalue weighted by molar-refractivity contribution is 1.07. The van der Waals surface area contributed by atoms with E-state index in [4.69, 9.17) is 9.97 Å². The van der Waals surface area contributed by atoms with Gasteiger partial charge in [-0.25, -0.2) is 9.97 Å². The maximum atomic E-state index is 5.03. The highest BCUT2D eigenvalue weighted by Gasteiger charge is 2.44. The van der Waals surface area contributed by atoms with Gasteiger partial charge in [0.1, 0.15) is 23.4 Å². The number of imidazole rings is 2. The fraction of sp³-hybridized carbons (Fsp3) is 0.0270. The summed E-state index contributed by atoms with van der Waals surface area (Å²) in [5.74, 6) is 0. The summed E-state index contributed by atoms with van der Waals surface area (Å²) in [6, 6.07) is 51.8. The summed E-state index contributed by atoms with van der Waals surface area (Å²) >= 11 is 0. The van der Waals surface area contributed by atoms with E-state index in [0.29, 0.717) is 0 Å². The van der Waals surface area contributed by atoms with Crippen LogP contribution in [0.3, 0.4) is 0 Å². The molecule has 0 atom stereocenters. The van der Waals surface area contributed by atoms with E-state index in [1.807, 2.05) is 12.4 Å². The predicted molar refractivity (Wildman–Crippen MR) is 184 cm³/mol. The molecule has 0 radical (unpaired) electrons. The van der Waals surface area contributed by atoms with Crippen molar-refractivity contribution in [3.8, 4) is 11.4 Å². The Balaban J connectivity index is 1.35. The number of nitrogens with zero attached hydrogens (tertiary/aromatic N) is 4. The van der Waals surface area contributed by atoms with Crippen LogP contribution in [0.15, 0.2) is 170 Å². The second kappa shape index (κ2) is 11.9. The van der Waals surface area contributed by atoms with Crippen LogP contribution < -0.4 is 32.3 Å². The van der Waals surface area contributed by atoms with Gasteiger partial charge in [0.2, 0.25) is 0 Å². The van der Waals surface area contributed by atoms with Crippen LogP contribution in [-0.2, 0) is 0 Å². The Morgan fingerprint density at radius 1 is 0.512 bits per heavy atom. The van der Waals surface area contributed by atoms with Gasteiger partial charge < -0.3 is 0 Å². The molecule has 7 aromatic rings. The largest absolute Gasteiger partial charge is 0.300 e. The number of aromatic nitrogens is 4. The number of benzene rings is 5. The van der Waals surface area contributed by atoms with Gasteiger partial charge in [-0.05, 0) is 53.1 Å². The van der Waals surface area contributed by atoms with E-state index in [2.05, 4.69) is 174 Å². The molecule has 4 nitrogen and oxygen atoms in total. The van der Waals surface area contributed by atoms with Crippen molar-refractivity contribution in [3.63, 3.8) is 0 Å². The molecule has 0 N–H and O–H groups in total. The third kappa shape index (κ3) is 5.14. The normalized spacial score (nSPS) is 11.6. The van der Waals surface area contributed by atoms with Crippen LogP contribution in [0.5, 0.6) is 0 Å². The second-order valence-corrected chi connectivity index (χ2v) is 15.9. The number of rotatable bonds is 8. The molecule has 0 fully saturated rings. The molecule has 2 aromatic heterocycles. The van der Waals surface area contributed by atoms with Crippen molar-refractivity contribution in [3.05, 3.63) is 170 Å². The van der Waals surface area contributed by atoms with E-state index in [9.17, 15) is 0 Å². The third-order valence-electron chi connectivity index (χ3n) is 7.80. The van der Waals surface area contributed by atoms with Crippen LogP contribution >= 0.6 is 15.2 Å². The lowest BCUT2D eigenvalue weighted by atomic mass is 10.2. The van der Waals surface area contributed by atoms with Crippen molar-refractivity contribution < 1.29 is 0 Å². The molecule has 43 heavy (non-hydrogen) atoms. The zero-order valence-corrected chi connectivity index (χ0v) is 25.6. The molecular formula is C37H31N4P2+. The summed E-state index contributed by atoms with van der Waals surface area (Å²) in [6.07, 6.45) is 8.02. The average Bonchev–Trinajstić information content (AvgIpc) is 3.78. The molecule has 0 bridgehead atoms. The maximum absolute atomic E-state index is 5.03. The third-order valence-corrected chi connectivity index (χ3v) is 14.0. The Hall–Kier alpha value is -4.62. The van der Waals surface area contributed by atoms with E-state index in [-0.39, 0.29) is 0 Å². The second-order valence-electron chi connectivity index (χ2n) is 10.4. The van der Waals surface area contributed by atoms with Gasteiger partial charge >= 0.3 is 0 Å². The highest BCUT2D eigenvalue weighted by Crippen LogP contribution is 2.51. The Labute approximate surface area is 254 Å². The molecule has 0 aliphatic carbocycles. The fourth-order valence-electron chi connectivity index (χ4n) is 5.65. The van der Waals surface area contributed by atoms with Crippen molar-refractivity contribution in [2.24, 2.45) is 0 Å². The zero-order chi connectivity index (χ0) is 29.1. The topological polar surface area (TPSA) is 35.6 Å². The van der Waals surface area contributed by atoms with Gasteiger partial charge in [0, 0.05) is 38.4 Å². The Morgan fingerprint density at radius 2 is 0.977 bits per heavy atom. The molecule has 0 saturated heterocycles. The summed E-state index contributed by atoms with van der Waals surface area (Å²) < 4.78 is 4.51.